The minimum absolute atomic E-state index is 0.129. The van der Waals surface area contributed by atoms with E-state index in [-0.39, 0.29) is 17.6 Å². The summed E-state index contributed by atoms with van der Waals surface area (Å²) in [7, 11) is 0. The predicted molar refractivity (Wildman–Crippen MR) is 78.3 cm³/mol. The lowest BCUT2D eigenvalue weighted by Crippen LogP contribution is -2.36. The van der Waals surface area contributed by atoms with Crippen LogP contribution in [0.15, 0.2) is 12.3 Å². The first-order valence-corrected chi connectivity index (χ1v) is 6.96. The summed E-state index contributed by atoms with van der Waals surface area (Å²) in [6.45, 7) is 0.724. The highest BCUT2D eigenvalue weighted by molar-refractivity contribution is 5.98. The molecule has 2 rings (SSSR count). The van der Waals surface area contributed by atoms with Crippen molar-refractivity contribution in [2.45, 2.75) is 32.1 Å². The van der Waals surface area contributed by atoms with Crippen LogP contribution in [-0.2, 0) is 0 Å². The second-order valence-corrected chi connectivity index (χ2v) is 5.60. The molecule has 1 amide bonds. The smallest absolute Gasteiger partial charge is 0.252 e. The Morgan fingerprint density at radius 1 is 1.40 bits per heavy atom. The molecule has 0 aliphatic heterocycles. The van der Waals surface area contributed by atoms with Gasteiger partial charge in [0.15, 0.2) is 0 Å². The number of aromatic nitrogens is 1. The van der Waals surface area contributed by atoms with E-state index in [1.165, 1.54) is 18.7 Å². The number of nitrogens with zero attached hydrogens (tertiary/aromatic N) is 1. The van der Waals surface area contributed by atoms with Gasteiger partial charge in [0.1, 0.15) is 5.82 Å². The molecule has 6 heteroatoms. The van der Waals surface area contributed by atoms with Crippen LogP contribution in [0.2, 0.25) is 0 Å². The van der Waals surface area contributed by atoms with Gasteiger partial charge in [-0.1, -0.05) is 19.3 Å². The van der Waals surface area contributed by atoms with Gasteiger partial charge >= 0.3 is 0 Å². The van der Waals surface area contributed by atoms with Crippen molar-refractivity contribution in [3.8, 4) is 0 Å². The number of hydrogen-bond acceptors (Lipinski definition) is 5. The molecular weight excluding hydrogens is 256 g/mol. The molecule has 1 aliphatic carbocycles. The summed E-state index contributed by atoms with van der Waals surface area (Å²) in [6, 6.07) is 1.52. The van der Waals surface area contributed by atoms with E-state index in [0.29, 0.717) is 18.1 Å². The molecule has 6 N–H and O–H groups in total. The standard InChI is InChI=1S/C14H22N4O2/c15-10-6-11(12(16)20)13(17-7-10)18-8-14(9-19)4-2-1-3-5-14/h6-7,19H,1-5,8-9,15H2,(H2,16,20)(H,17,18). The second-order valence-electron chi connectivity index (χ2n) is 5.60. The monoisotopic (exact) mass is 278 g/mol. The maximum Gasteiger partial charge on any atom is 0.252 e. The fourth-order valence-corrected chi connectivity index (χ4v) is 2.77. The van der Waals surface area contributed by atoms with E-state index in [1.54, 1.807) is 0 Å². The molecule has 1 heterocycles. The van der Waals surface area contributed by atoms with Crippen molar-refractivity contribution >= 4 is 17.4 Å². The van der Waals surface area contributed by atoms with E-state index in [9.17, 15) is 9.90 Å². The highest BCUT2D eigenvalue weighted by Gasteiger charge is 2.31. The van der Waals surface area contributed by atoms with Crippen LogP contribution in [0.1, 0.15) is 42.5 Å². The third-order valence-corrected chi connectivity index (χ3v) is 4.05. The largest absolute Gasteiger partial charge is 0.397 e. The lowest BCUT2D eigenvalue weighted by Gasteiger charge is -2.36. The summed E-state index contributed by atoms with van der Waals surface area (Å²) in [5.74, 6) is -0.126. The Balaban J connectivity index is 2.11. The topological polar surface area (TPSA) is 114 Å². The van der Waals surface area contributed by atoms with Gasteiger partial charge < -0.3 is 21.9 Å². The highest BCUT2D eigenvalue weighted by Crippen LogP contribution is 2.36. The Morgan fingerprint density at radius 3 is 2.70 bits per heavy atom. The van der Waals surface area contributed by atoms with E-state index in [2.05, 4.69) is 10.3 Å². The molecule has 0 bridgehead atoms. The number of nitrogens with one attached hydrogen (secondary N) is 1. The van der Waals surface area contributed by atoms with Crippen LogP contribution < -0.4 is 16.8 Å². The molecular formula is C14H22N4O2. The Kier molecular flexibility index (Phi) is 4.44. The Hall–Kier alpha value is -1.82. The van der Waals surface area contributed by atoms with Crippen molar-refractivity contribution < 1.29 is 9.90 Å². The molecule has 0 spiro atoms. The van der Waals surface area contributed by atoms with E-state index in [0.717, 1.165) is 25.7 Å². The number of aliphatic hydroxyl groups excluding tert-OH is 1. The molecule has 110 valence electrons. The van der Waals surface area contributed by atoms with Crippen LogP contribution in [0, 0.1) is 5.41 Å². The first-order chi connectivity index (χ1) is 9.56. The van der Waals surface area contributed by atoms with Gasteiger partial charge in [-0.25, -0.2) is 4.98 Å². The maximum absolute atomic E-state index is 11.4. The lowest BCUT2D eigenvalue weighted by molar-refractivity contribution is 0.0942. The number of amides is 1. The number of carbonyl (C=O) groups excluding carboxylic acids is 1. The summed E-state index contributed by atoms with van der Waals surface area (Å²) in [5, 5.41) is 12.8. The lowest BCUT2D eigenvalue weighted by atomic mass is 9.74. The normalized spacial score (nSPS) is 17.6. The first kappa shape index (κ1) is 14.6. The second kappa shape index (κ2) is 6.09. The number of aliphatic hydroxyl groups is 1. The van der Waals surface area contributed by atoms with Crippen LogP contribution in [0.25, 0.3) is 0 Å². The number of nitrogens with two attached hydrogens (primary N) is 2. The number of primary amides is 1. The summed E-state index contributed by atoms with van der Waals surface area (Å²) in [4.78, 5) is 15.5. The van der Waals surface area contributed by atoms with Crippen molar-refractivity contribution in [1.82, 2.24) is 4.98 Å². The molecule has 1 saturated carbocycles. The molecule has 0 aromatic carbocycles. The third-order valence-electron chi connectivity index (χ3n) is 4.05. The Labute approximate surface area is 118 Å². The summed E-state index contributed by atoms with van der Waals surface area (Å²) in [5.41, 5.74) is 11.5. The number of carbonyl (C=O) groups is 1. The van der Waals surface area contributed by atoms with Gasteiger partial charge in [-0.2, -0.15) is 0 Å². The Morgan fingerprint density at radius 2 is 2.10 bits per heavy atom. The van der Waals surface area contributed by atoms with E-state index in [4.69, 9.17) is 11.5 Å². The van der Waals surface area contributed by atoms with E-state index < -0.39 is 5.91 Å². The minimum atomic E-state index is -0.561. The number of anilines is 2. The average molecular weight is 278 g/mol. The van der Waals surface area contributed by atoms with Crippen molar-refractivity contribution in [3.05, 3.63) is 17.8 Å². The van der Waals surface area contributed by atoms with E-state index >= 15 is 0 Å². The zero-order valence-corrected chi connectivity index (χ0v) is 11.6. The SMILES string of the molecule is NC(=O)c1cc(N)cnc1NCC1(CO)CCCCC1. The molecule has 6 nitrogen and oxygen atoms in total. The van der Waals surface area contributed by atoms with Crippen LogP contribution in [0.4, 0.5) is 11.5 Å². The van der Waals surface area contributed by atoms with Crippen LogP contribution in [0.5, 0.6) is 0 Å². The maximum atomic E-state index is 11.4. The van der Waals surface area contributed by atoms with E-state index in [1.807, 2.05) is 0 Å². The van der Waals surface area contributed by atoms with Gasteiger partial charge in [0.25, 0.3) is 5.91 Å². The molecule has 1 aromatic heterocycles. The third kappa shape index (κ3) is 3.19. The molecule has 1 aliphatic rings. The van der Waals surface area contributed by atoms with Gasteiger partial charge in [0.2, 0.25) is 0 Å². The molecule has 1 aromatic rings. The fourth-order valence-electron chi connectivity index (χ4n) is 2.77. The number of nitrogen functional groups attached to an aromatic ring is 1. The zero-order chi connectivity index (χ0) is 14.6. The summed E-state index contributed by atoms with van der Waals surface area (Å²) >= 11 is 0. The van der Waals surface area contributed by atoms with Gasteiger partial charge in [0, 0.05) is 12.0 Å². The fraction of sp³-hybridized carbons (Fsp3) is 0.571. The predicted octanol–water partition coefficient (Wildman–Crippen LogP) is 1.12. The van der Waals surface area contributed by atoms with Crippen molar-refractivity contribution in [2.75, 3.05) is 24.2 Å². The molecule has 0 unspecified atom stereocenters. The number of rotatable bonds is 5. The van der Waals surface area contributed by atoms with Crippen molar-refractivity contribution in [1.29, 1.82) is 0 Å². The number of pyridine rings is 1. The average Bonchev–Trinajstić information content (AvgIpc) is 2.47. The molecule has 0 saturated heterocycles. The van der Waals surface area contributed by atoms with Gasteiger partial charge in [-0.3, -0.25) is 4.79 Å². The quantitative estimate of drug-likeness (QED) is 0.644. The van der Waals surface area contributed by atoms with Crippen LogP contribution in [0.3, 0.4) is 0 Å². The molecule has 20 heavy (non-hydrogen) atoms. The van der Waals surface area contributed by atoms with Crippen molar-refractivity contribution in [3.63, 3.8) is 0 Å². The molecule has 1 fully saturated rings. The van der Waals surface area contributed by atoms with Gasteiger partial charge in [-0.15, -0.1) is 0 Å². The van der Waals surface area contributed by atoms with Crippen LogP contribution in [-0.4, -0.2) is 29.1 Å². The zero-order valence-electron chi connectivity index (χ0n) is 11.6. The summed E-state index contributed by atoms with van der Waals surface area (Å²) in [6.07, 6.45) is 6.92. The van der Waals surface area contributed by atoms with Crippen molar-refractivity contribution in [2.24, 2.45) is 11.1 Å². The van der Waals surface area contributed by atoms with Gasteiger partial charge in [-0.05, 0) is 18.9 Å². The minimum Gasteiger partial charge on any atom is -0.397 e. The number of hydrogen-bond donors (Lipinski definition) is 4. The highest BCUT2D eigenvalue weighted by atomic mass is 16.3. The van der Waals surface area contributed by atoms with Crippen LogP contribution >= 0.6 is 0 Å². The Bertz CT molecular complexity index is 484. The summed E-state index contributed by atoms with van der Waals surface area (Å²) < 4.78 is 0. The van der Waals surface area contributed by atoms with Gasteiger partial charge in [0.05, 0.1) is 24.1 Å². The molecule has 0 atom stereocenters. The molecule has 0 radical (unpaired) electrons. The first-order valence-electron chi connectivity index (χ1n) is 6.96.